The smallest absolute Gasteiger partial charge is 0.266 e. The van der Waals surface area contributed by atoms with Crippen LogP contribution in [0.15, 0.2) is 84.9 Å². The molecule has 5 nitrogen and oxygen atoms in total. The Morgan fingerprint density at radius 2 is 1.31 bits per heavy atom. The molecule has 5 rings (SSSR count). The molecule has 3 atom stereocenters. The van der Waals surface area contributed by atoms with E-state index in [4.69, 9.17) is 4.84 Å². The van der Waals surface area contributed by atoms with Gasteiger partial charge in [-0.3, -0.25) is 14.4 Å². The van der Waals surface area contributed by atoms with Gasteiger partial charge in [-0.15, -0.1) is 0 Å². The third-order valence-corrected chi connectivity index (χ3v) is 5.65. The van der Waals surface area contributed by atoms with Crippen LogP contribution in [0.1, 0.15) is 17.2 Å². The monoisotopic (exact) mass is 384 g/mol. The molecule has 2 amide bonds. The zero-order valence-electron chi connectivity index (χ0n) is 15.9. The maximum atomic E-state index is 13.5. The molecule has 0 radical (unpaired) electrons. The molecule has 0 aliphatic carbocycles. The molecule has 0 N–H and O–H groups in total. The fourth-order valence-corrected chi connectivity index (χ4v) is 4.28. The van der Waals surface area contributed by atoms with Gasteiger partial charge in [0.2, 0.25) is 5.91 Å². The summed E-state index contributed by atoms with van der Waals surface area (Å²) >= 11 is 0. The zero-order valence-corrected chi connectivity index (χ0v) is 15.9. The fraction of sp³-hybridized carbons (Fsp3) is 0.167. The molecule has 29 heavy (non-hydrogen) atoms. The van der Waals surface area contributed by atoms with E-state index in [1.165, 1.54) is 4.90 Å². The van der Waals surface area contributed by atoms with E-state index < -0.39 is 12.0 Å². The van der Waals surface area contributed by atoms with Crippen LogP contribution in [0.4, 0.5) is 11.4 Å². The third-order valence-electron chi connectivity index (χ3n) is 5.65. The van der Waals surface area contributed by atoms with E-state index >= 15 is 0 Å². The predicted molar refractivity (Wildman–Crippen MR) is 110 cm³/mol. The van der Waals surface area contributed by atoms with Gasteiger partial charge in [-0.1, -0.05) is 60.7 Å². The van der Waals surface area contributed by atoms with Crippen molar-refractivity contribution < 1.29 is 14.4 Å². The van der Waals surface area contributed by atoms with Crippen molar-refractivity contribution in [3.63, 3.8) is 0 Å². The minimum Gasteiger partial charge on any atom is -0.273 e. The Kier molecular flexibility index (Phi) is 4.18. The number of aryl methyl sites for hydroxylation is 1. The lowest BCUT2D eigenvalue weighted by molar-refractivity contribution is -0.126. The van der Waals surface area contributed by atoms with E-state index in [2.05, 4.69) is 0 Å². The number of hydroxylamine groups is 1. The molecule has 0 unspecified atom stereocenters. The Balaban J connectivity index is 1.62. The largest absolute Gasteiger partial charge is 0.273 e. The second-order valence-electron chi connectivity index (χ2n) is 7.36. The van der Waals surface area contributed by atoms with Gasteiger partial charge in [0.05, 0.1) is 17.4 Å². The first-order chi connectivity index (χ1) is 14.2. The van der Waals surface area contributed by atoms with Crippen LogP contribution in [0.2, 0.25) is 0 Å². The van der Waals surface area contributed by atoms with Gasteiger partial charge in [0, 0.05) is 0 Å². The maximum absolute atomic E-state index is 13.5. The van der Waals surface area contributed by atoms with Crippen LogP contribution < -0.4 is 9.96 Å². The van der Waals surface area contributed by atoms with Crippen molar-refractivity contribution in [1.29, 1.82) is 0 Å². The summed E-state index contributed by atoms with van der Waals surface area (Å²) in [7, 11) is 0. The molecule has 2 aliphatic heterocycles. The molecule has 0 spiro atoms. The quantitative estimate of drug-likeness (QED) is 0.640. The first-order valence-electron chi connectivity index (χ1n) is 9.66. The SMILES string of the molecule is Cc1ccccc1[C@@H]1[C@H]2C(=O)N(c3ccccc3)C(=O)[C@H]2ON1c1ccccc1. The molecule has 2 heterocycles. The van der Waals surface area contributed by atoms with E-state index in [9.17, 15) is 9.59 Å². The van der Waals surface area contributed by atoms with E-state index in [0.29, 0.717) is 5.69 Å². The number of imide groups is 1. The van der Waals surface area contributed by atoms with Gasteiger partial charge in [-0.05, 0) is 42.3 Å². The van der Waals surface area contributed by atoms with Crippen LogP contribution in [0.3, 0.4) is 0 Å². The van der Waals surface area contributed by atoms with Crippen molar-refractivity contribution in [3.8, 4) is 0 Å². The molecule has 0 saturated carbocycles. The summed E-state index contributed by atoms with van der Waals surface area (Å²) in [5, 5.41) is 1.73. The molecular weight excluding hydrogens is 364 g/mol. The molecule has 0 aromatic heterocycles. The number of amides is 2. The number of hydrogen-bond donors (Lipinski definition) is 0. The van der Waals surface area contributed by atoms with Gasteiger partial charge in [0.1, 0.15) is 5.92 Å². The first-order valence-corrected chi connectivity index (χ1v) is 9.66. The van der Waals surface area contributed by atoms with Crippen LogP contribution in [0.25, 0.3) is 0 Å². The van der Waals surface area contributed by atoms with Gasteiger partial charge in [0.25, 0.3) is 5.91 Å². The molecule has 2 aliphatic rings. The highest BCUT2D eigenvalue weighted by Gasteiger charge is 2.60. The molecule has 0 bridgehead atoms. The molecule has 3 aromatic carbocycles. The molecule has 3 aromatic rings. The standard InChI is InChI=1S/C24H20N2O3/c1-16-10-8-9-15-19(16)21-20-22(29-26(21)18-13-6-3-7-14-18)24(28)25(23(20)27)17-11-4-2-5-12-17/h2-15,20-22H,1H3/t20-,21-,22+/m1/s1. The Morgan fingerprint density at radius 3 is 1.97 bits per heavy atom. The fourth-order valence-electron chi connectivity index (χ4n) is 4.28. The summed E-state index contributed by atoms with van der Waals surface area (Å²) in [4.78, 5) is 34.1. The van der Waals surface area contributed by atoms with Crippen molar-refractivity contribution in [2.75, 3.05) is 9.96 Å². The minimum atomic E-state index is -0.840. The Bertz CT molecular complexity index is 1070. The second-order valence-corrected chi connectivity index (χ2v) is 7.36. The summed E-state index contributed by atoms with van der Waals surface area (Å²) in [6.45, 7) is 2.02. The zero-order chi connectivity index (χ0) is 20.0. The normalized spacial score (nSPS) is 23.6. The first kappa shape index (κ1) is 17.6. The van der Waals surface area contributed by atoms with Gasteiger partial charge in [-0.2, -0.15) is 0 Å². The van der Waals surface area contributed by atoms with Gasteiger partial charge >= 0.3 is 0 Å². The van der Waals surface area contributed by atoms with Gasteiger partial charge in [0.15, 0.2) is 6.10 Å². The second kappa shape index (κ2) is 6.87. The lowest BCUT2D eigenvalue weighted by Gasteiger charge is -2.29. The summed E-state index contributed by atoms with van der Waals surface area (Å²) in [6, 6.07) is 26.2. The van der Waals surface area contributed by atoms with Crippen LogP contribution in [-0.2, 0) is 14.4 Å². The number of benzene rings is 3. The van der Waals surface area contributed by atoms with Gasteiger partial charge < -0.3 is 0 Å². The Morgan fingerprint density at radius 1 is 0.724 bits per heavy atom. The predicted octanol–water partition coefficient (Wildman–Crippen LogP) is 4.05. The van der Waals surface area contributed by atoms with E-state index in [-0.39, 0.29) is 17.9 Å². The molecule has 144 valence electrons. The highest BCUT2D eigenvalue weighted by molar-refractivity contribution is 6.23. The molecule has 5 heteroatoms. The topological polar surface area (TPSA) is 49.9 Å². The summed E-state index contributed by atoms with van der Waals surface area (Å²) in [5.74, 6) is -1.15. The van der Waals surface area contributed by atoms with Crippen molar-refractivity contribution >= 4 is 23.2 Å². The van der Waals surface area contributed by atoms with E-state index in [0.717, 1.165) is 16.8 Å². The molecule has 2 fully saturated rings. The highest BCUT2D eigenvalue weighted by atomic mass is 16.7. The average molecular weight is 384 g/mol. The number of carbonyl (C=O) groups excluding carboxylic acids is 2. The Hall–Kier alpha value is -3.44. The number of anilines is 2. The number of carbonyl (C=O) groups is 2. The van der Waals surface area contributed by atoms with Crippen molar-refractivity contribution in [3.05, 3.63) is 96.1 Å². The molecular formula is C24H20N2O3. The van der Waals surface area contributed by atoms with E-state index in [1.54, 1.807) is 17.2 Å². The number of hydrogen-bond acceptors (Lipinski definition) is 4. The number of fused-ring (bicyclic) bond motifs is 1. The number of nitrogens with zero attached hydrogens (tertiary/aromatic N) is 2. The van der Waals surface area contributed by atoms with Crippen LogP contribution in [-0.4, -0.2) is 17.9 Å². The third kappa shape index (κ3) is 2.74. The Labute approximate surface area is 169 Å². The number of para-hydroxylation sites is 2. The van der Waals surface area contributed by atoms with E-state index in [1.807, 2.05) is 79.7 Å². The van der Waals surface area contributed by atoms with Crippen molar-refractivity contribution in [2.24, 2.45) is 5.92 Å². The van der Waals surface area contributed by atoms with Crippen LogP contribution in [0.5, 0.6) is 0 Å². The lowest BCUT2D eigenvalue weighted by atomic mass is 9.88. The van der Waals surface area contributed by atoms with Crippen LogP contribution in [0, 0.1) is 12.8 Å². The summed E-state index contributed by atoms with van der Waals surface area (Å²) < 4.78 is 0. The highest BCUT2D eigenvalue weighted by Crippen LogP contribution is 2.48. The number of rotatable bonds is 3. The lowest BCUT2D eigenvalue weighted by Crippen LogP contribution is -2.37. The van der Waals surface area contributed by atoms with Crippen molar-refractivity contribution in [1.82, 2.24) is 0 Å². The van der Waals surface area contributed by atoms with Crippen molar-refractivity contribution in [2.45, 2.75) is 19.1 Å². The molecule has 2 saturated heterocycles. The minimum absolute atomic E-state index is 0.224. The van der Waals surface area contributed by atoms with Gasteiger partial charge in [-0.25, -0.2) is 9.96 Å². The van der Waals surface area contributed by atoms with Crippen LogP contribution >= 0.6 is 0 Å². The summed E-state index contributed by atoms with van der Waals surface area (Å²) in [6.07, 6.45) is -0.840. The average Bonchev–Trinajstić information content (AvgIpc) is 3.26. The maximum Gasteiger partial charge on any atom is 0.266 e. The summed E-state index contributed by atoms with van der Waals surface area (Å²) in [5.41, 5.74) is 3.44.